The van der Waals surface area contributed by atoms with Crippen molar-refractivity contribution in [2.24, 2.45) is 0 Å². The molecule has 0 aliphatic rings. The van der Waals surface area contributed by atoms with E-state index in [0.29, 0.717) is 23.9 Å². The summed E-state index contributed by atoms with van der Waals surface area (Å²) in [6.07, 6.45) is 82.2. The van der Waals surface area contributed by atoms with E-state index < -0.39 is 32.5 Å². The van der Waals surface area contributed by atoms with Gasteiger partial charge in [0, 0.05) is 12.8 Å². The van der Waals surface area contributed by atoms with Crippen molar-refractivity contribution in [2.45, 2.75) is 232 Å². The lowest BCUT2D eigenvalue weighted by Crippen LogP contribution is -2.37. The van der Waals surface area contributed by atoms with Gasteiger partial charge in [-0.2, -0.15) is 0 Å². The smallest absolute Gasteiger partial charge is 0.306 e. The molecule has 0 amide bonds. The van der Waals surface area contributed by atoms with Gasteiger partial charge in [-0.15, -0.1) is 0 Å². The molecule has 9 nitrogen and oxygen atoms in total. The summed E-state index contributed by atoms with van der Waals surface area (Å²) in [5.41, 5.74) is 0. The molecular weight excluding hydrogens is 978 g/mol. The Kier molecular flexibility index (Phi) is 54.0. The van der Waals surface area contributed by atoms with E-state index in [9.17, 15) is 19.0 Å². The van der Waals surface area contributed by atoms with E-state index in [-0.39, 0.29) is 26.1 Å². The van der Waals surface area contributed by atoms with Crippen LogP contribution in [0.15, 0.2) is 134 Å². The van der Waals surface area contributed by atoms with E-state index in [0.717, 1.165) is 128 Å². The highest BCUT2D eigenvalue weighted by Crippen LogP contribution is 2.38. The first-order valence-electron chi connectivity index (χ1n) is 30.4. The molecule has 0 heterocycles. The first-order chi connectivity index (χ1) is 37.5. The number of carbonyl (C=O) groups is 2. The normalized spacial score (nSPS) is 14.2. The van der Waals surface area contributed by atoms with E-state index in [1.54, 1.807) is 0 Å². The van der Waals surface area contributed by atoms with Crippen molar-refractivity contribution < 1.29 is 42.1 Å². The third-order valence-electron chi connectivity index (χ3n) is 12.4. The second-order valence-electron chi connectivity index (χ2n) is 21.0. The zero-order valence-electron chi connectivity index (χ0n) is 49.6. The second kappa shape index (κ2) is 56.9. The lowest BCUT2D eigenvalue weighted by atomic mass is 10.0. The molecule has 0 saturated carbocycles. The summed E-state index contributed by atoms with van der Waals surface area (Å²) in [4.78, 5) is 37.8. The molecule has 0 N–H and O–H groups in total. The van der Waals surface area contributed by atoms with Gasteiger partial charge in [0.25, 0.3) is 7.82 Å². The van der Waals surface area contributed by atoms with Gasteiger partial charge in [0.05, 0.1) is 27.7 Å². The van der Waals surface area contributed by atoms with Gasteiger partial charge in [0.2, 0.25) is 0 Å². The Morgan fingerprint density at radius 2 is 0.740 bits per heavy atom. The van der Waals surface area contributed by atoms with Gasteiger partial charge >= 0.3 is 11.9 Å². The van der Waals surface area contributed by atoms with Crippen molar-refractivity contribution in [1.29, 1.82) is 0 Å². The van der Waals surface area contributed by atoms with Crippen LogP contribution in [0.25, 0.3) is 0 Å². The number of hydrogen-bond donors (Lipinski definition) is 0. The Bertz CT molecular complexity index is 1760. The number of carbonyl (C=O) groups excluding carboxylic acids is 2. The van der Waals surface area contributed by atoms with Crippen LogP contribution in [0.2, 0.25) is 0 Å². The third kappa shape index (κ3) is 61.2. The SMILES string of the molecule is CC/C=C\C/C=C\C/C=C\C/C=C\C/C=C\C/C=C\C/C=C\C/C=C\C/C=C\CCCCCCCCCCCCCC(=O)OC(COC(=O)CCCCCCC/C=C\C/C=C\CCCC)COP(=O)([O-])OCC[N+](C)(C)C. The maximum atomic E-state index is 12.8. The predicted octanol–water partition coefficient (Wildman–Crippen LogP) is 18.7. The molecule has 0 aliphatic heterocycles. The third-order valence-corrected chi connectivity index (χ3v) is 13.4. The Labute approximate surface area is 472 Å². The summed E-state index contributed by atoms with van der Waals surface area (Å²) >= 11 is 0. The number of nitrogens with zero attached hydrogens (tertiary/aromatic N) is 1. The van der Waals surface area contributed by atoms with Gasteiger partial charge in [-0.1, -0.05) is 237 Å². The summed E-state index contributed by atoms with van der Waals surface area (Å²) in [7, 11) is 1.14. The molecular formula is C67H112NO8P. The fourth-order valence-corrected chi connectivity index (χ4v) is 8.45. The molecule has 438 valence electrons. The number of esters is 2. The number of unbranched alkanes of at least 4 members (excludes halogenated alkanes) is 18. The van der Waals surface area contributed by atoms with Crippen LogP contribution in [-0.2, 0) is 32.7 Å². The predicted molar refractivity (Wildman–Crippen MR) is 327 cm³/mol. The average molecular weight is 1090 g/mol. The highest BCUT2D eigenvalue weighted by Gasteiger charge is 2.22. The summed E-state index contributed by atoms with van der Waals surface area (Å²) in [5, 5.41) is 0. The fourth-order valence-electron chi connectivity index (χ4n) is 7.72. The van der Waals surface area contributed by atoms with Crippen LogP contribution in [0.1, 0.15) is 226 Å². The average Bonchev–Trinajstić information content (AvgIpc) is 3.39. The van der Waals surface area contributed by atoms with Crippen LogP contribution in [-0.4, -0.2) is 70.0 Å². The Morgan fingerprint density at radius 1 is 0.416 bits per heavy atom. The van der Waals surface area contributed by atoms with Gasteiger partial charge in [0.15, 0.2) is 6.10 Å². The van der Waals surface area contributed by atoms with Gasteiger partial charge < -0.3 is 27.9 Å². The Balaban J connectivity index is 4.09. The molecule has 0 fully saturated rings. The summed E-state index contributed by atoms with van der Waals surface area (Å²) < 4.78 is 34.1. The quantitative estimate of drug-likeness (QED) is 0.0195. The van der Waals surface area contributed by atoms with Gasteiger partial charge in [-0.3, -0.25) is 14.2 Å². The van der Waals surface area contributed by atoms with E-state index >= 15 is 0 Å². The number of rotatable bonds is 54. The van der Waals surface area contributed by atoms with Crippen LogP contribution in [0.5, 0.6) is 0 Å². The summed E-state index contributed by atoms with van der Waals surface area (Å²) in [6.45, 7) is 4.05. The molecule has 0 spiro atoms. The first-order valence-corrected chi connectivity index (χ1v) is 31.9. The van der Waals surface area contributed by atoms with E-state index in [4.69, 9.17) is 18.5 Å². The van der Waals surface area contributed by atoms with Gasteiger partial charge in [-0.25, -0.2) is 0 Å². The molecule has 10 heteroatoms. The van der Waals surface area contributed by atoms with E-state index in [2.05, 4.69) is 148 Å². The lowest BCUT2D eigenvalue weighted by Gasteiger charge is -2.28. The molecule has 0 aromatic rings. The molecule has 77 heavy (non-hydrogen) atoms. The zero-order valence-corrected chi connectivity index (χ0v) is 50.5. The molecule has 0 rings (SSSR count). The molecule has 2 unspecified atom stereocenters. The number of phosphoric acid groups is 1. The summed E-state index contributed by atoms with van der Waals surface area (Å²) in [6, 6.07) is 0. The molecule has 0 aliphatic carbocycles. The maximum absolute atomic E-state index is 12.8. The monoisotopic (exact) mass is 1090 g/mol. The van der Waals surface area contributed by atoms with E-state index in [1.807, 2.05) is 21.1 Å². The van der Waals surface area contributed by atoms with Gasteiger partial charge in [-0.05, 0) is 109 Å². The Morgan fingerprint density at radius 3 is 1.10 bits per heavy atom. The van der Waals surface area contributed by atoms with Crippen LogP contribution in [0.4, 0.5) is 0 Å². The summed E-state index contributed by atoms with van der Waals surface area (Å²) in [5.74, 6) is -0.860. The highest BCUT2D eigenvalue weighted by atomic mass is 31.2. The van der Waals surface area contributed by atoms with Crippen LogP contribution in [0.3, 0.4) is 0 Å². The Hall–Kier alpha value is -3.85. The van der Waals surface area contributed by atoms with Crippen molar-refractivity contribution in [2.75, 3.05) is 47.5 Å². The van der Waals surface area contributed by atoms with Crippen molar-refractivity contribution in [3.05, 3.63) is 134 Å². The number of likely N-dealkylation sites (N-methyl/N-ethyl adjacent to an activating group) is 1. The zero-order chi connectivity index (χ0) is 56.3. The first kappa shape index (κ1) is 73.2. The van der Waals surface area contributed by atoms with Crippen molar-refractivity contribution in [3.63, 3.8) is 0 Å². The molecule has 0 radical (unpaired) electrons. The largest absolute Gasteiger partial charge is 0.756 e. The molecule has 0 saturated heterocycles. The highest BCUT2D eigenvalue weighted by molar-refractivity contribution is 7.45. The fraction of sp³-hybridized carbons (Fsp3) is 0.642. The maximum Gasteiger partial charge on any atom is 0.306 e. The molecule has 0 aromatic carbocycles. The van der Waals surface area contributed by atoms with Crippen LogP contribution < -0.4 is 4.89 Å². The standard InChI is InChI=1S/C67H112NO8P/c1-6-8-10-12-14-16-18-20-22-23-24-25-26-27-28-29-30-31-32-33-34-35-36-37-38-39-40-41-42-43-44-45-46-48-50-52-54-56-58-60-67(70)76-65(64-75-77(71,72)74-62-61-68(3,4)5)63-73-66(69)59-57-55-53-51-49-47-21-19-17-15-13-11-9-7-2/h8,10,13-16,19-22,24-25,27-28,30-31,33-34,36-37,39-40,65H,6-7,9,11-12,17-18,23,26,29,32,35,38,41-64H2,1-5H3/b10-8-,15-13-,16-14-,21-19-,22-20-,25-24-,28-27-,31-30-,34-33-,37-36-,40-39-. The van der Waals surface area contributed by atoms with E-state index in [1.165, 1.54) is 57.8 Å². The van der Waals surface area contributed by atoms with Crippen LogP contribution in [0, 0.1) is 0 Å². The number of phosphoric ester groups is 1. The minimum Gasteiger partial charge on any atom is -0.756 e. The van der Waals surface area contributed by atoms with Crippen molar-refractivity contribution in [3.8, 4) is 0 Å². The number of allylic oxidation sites excluding steroid dienone is 22. The second-order valence-corrected chi connectivity index (χ2v) is 22.4. The van der Waals surface area contributed by atoms with Crippen LogP contribution >= 0.6 is 7.82 Å². The number of hydrogen-bond acceptors (Lipinski definition) is 8. The minimum atomic E-state index is -4.65. The number of ether oxygens (including phenoxy) is 2. The topological polar surface area (TPSA) is 111 Å². The van der Waals surface area contributed by atoms with Crippen molar-refractivity contribution >= 4 is 19.8 Å². The molecule has 2 atom stereocenters. The molecule has 0 aromatic heterocycles. The number of quaternary nitrogens is 1. The lowest BCUT2D eigenvalue weighted by molar-refractivity contribution is -0.870. The molecule has 0 bridgehead atoms. The minimum absolute atomic E-state index is 0.0397. The van der Waals surface area contributed by atoms with Gasteiger partial charge in [0.1, 0.15) is 19.8 Å². The van der Waals surface area contributed by atoms with Crippen molar-refractivity contribution in [1.82, 2.24) is 0 Å².